The third-order valence-electron chi connectivity index (χ3n) is 2.83. The average Bonchev–Trinajstić information content (AvgIpc) is 2.41. The van der Waals surface area contributed by atoms with E-state index in [9.17, 15) is 4.39 Å². The van der Waals surface area contributed by atoms with Crippen molar-refractivity contribution < 1.29 is 4.39 Å². The van der Waals surface area contributed by atoms with Gasteiger partial charge in [0, 0.05) is 16.7 Å². The Morgan fingerprint density at radius 1 is 1.21 bits per heavy atom. The van der Waals surface area contributed by atoms with Crippen molar-refractivity contribution >= 4 is 27.7 Å². The second-order valence-corrected chi connectivity index (χ2v) is 6.20. The van der Waals surface area contributed by atoms with E-state index in [2.05, 4.69) is 28.1 Å². The molecule has 0 radical (unpaired) electrons. The Balaban J connectivity index is 2.04. The molecule has 1 atom stereocenters. The number of nitrogens with two attached hydrogens (primary N) is 1. The summed E-state index contributed by atoms with van der Waals surface area (Å²) in [5, 5.41) is 0. The molecule has 2 N–H and O–H groups in total. The van der Waals surface area contributed by atoms with Gasteiger partial charge in [-0.05, 0) is 52.2 Å². The molecule has 2 rings (SSSR count). The van der Waals surface area contributed by atoms with Crippen molar-refractivity contribution in [1.82, 2.24) is 0 Å². The van der Waals surface area contributed by atoms with Crippen LogP contribution in [0.5, 0.6) is 0 Å². The summed E-state index contributed by atoms with van der Waals surface area (Å²) in [5.74, 6) is 0.515. The van der Waals surface area contributed by atoms with E-state index in [0.29, 0.717) is 4.47 Å². The zero-order valence-electron chi connectivity index (χ0n) is 10.6. The van der Waals surface area contributed by atoms with Crippen LogP contribution in [0.15, 0.2) is 51.8 Å². The minimum Gasteiger partial charge on any atom is -0.324 e. The zero-order valence-corrected chi connectivity index (χ0v) is 13.0. The van der Waals surface area contributed by atoms with Crippen LogP contribution in [-0.2, 0) is 5.75 Å². The van der Waals surface area contributed by atoms with E-state index < -0.39 is 0 Å². The summed E-state index contributed by atoms with van der Waals surface area (Å²) in [6.07, 6.45) is 0. The van der Waals surface area contributed by atoms with Crippen molar-refractivity contribution in [2.45, 2.75) is 23.6 Å². The molecular formula is C15H15BrFNS. The molecule has 4 heteroatoms. The summed E-state index contributed by atoms with van der Waals surface area (Å²) >= 11 is 4.96. The molecule has 0 fully saturated rings. The molecule has 0 spiro atoms. The highest BCUT2D eigenvalue weighted by Gasteiger charge is 2.06. The molecule has 2 aromatic rings. The minimum atomic E-state index is -0.217. The van der Waals surface area contributed by atoms with Gasteiger partial charge in [0.1, 0.15) is 5.82 Å². The van der Waals surface area contributed by atoms with Gasteiger partial charge < -0.3 is 5.73 Å². The van der Waals surface area contributed by atoms with Gasteiger partial charge in [0.2, 0.25) is 0 Å². The zero-order chi connectivity index (χ0) is 13.8. The van der Waals surface area contributed by atoms with Gasteiger partial charge in [-0.1, -0.05) is 24.3 Å². The maximum Gasteiger partial charge on any atom is 0.137 e. The van der Waals surface area contributed by atoms with Crippen molar-refractivity contribution in [2.24, 2.45) is 5.73 Å². The van der Waals surface area contributed by atoms with Crippen molar-refractivity contribution in [3.8, 4) is 0 Å². The molecule has 19 heavy (non-hydrogen) atoms. The van der Waals surface area contributed by atoms with Crippen LogP contribution < -0.4 is 5.73 Å². The molecule has 0 aliphatic rings. The molecule has 0 saturated heterocycles. The van der Waals surface area contributed by atoms with Crippen LogP contribution in [0.3, 0.4) is 0 Å². The van der Waals surface area contributed by atoms with Crippen molar-refractivity contribution in [2.75, 3.05) is 0 Å². The van der Waals surface area contributed by atoms with Gasteiger partial charge in [0.15, 0.2) is 0 Å². The van der Waals surface area contributed by atoms with E-state index in [1.54, 1.807) is 17.8 Å². The fourth-order valence-electron chi connectivity index (χ4n) is 1.69. The Bertz CT molecular complexity index is 555. The van der Waals surface area contributed by atoms with Crippen LogP contribution in [0.2, 0.25) is 0 Å². The highest BCUT2D eigenvalue weighted by molar-refractivity contribution is 9.10. The van der Waals surface area contributed by atoms with Gasteiger partial charge in [-0.3, -0.25) is 0 Å². The van der Waals surface area contributed by atoms with Gasteiger partial charge in [0.05, 0.1) is 4.47 Å². The standard InChI is InChI=1S/C15H15BrFNS/c1-10(18)11-5-7-13(8-6-11)19-9-12-3-2-4-14(17)15(12)16/h2-8,10H,9,18H2,1H3. The second-order valence-electron chi connectivity index (χ2n) is 4.36. The molecule has 2 aromatic carbocycles. The minimum absolute atomic E-state index is 0.0522. The lowest BCUT2D eigenvalue weighted by atomic mass is 10.1. The monoisotopic (exact) mass is 339 g/mol. The molecule has 0 heterocycles. The lowest BCUT2D eigenvalue weighted by molar-refractivity contribution is 0.619. The molecule has 0 amide bonds. The first kappa shape index (κ1) is 14.6. The number of rotatable bonds is 4. The molecule has 0 aliphatic heterocycles. The van der Waals surface area contributed by atoms with Crippen LogP contribution in [-0.4, -0.2) is 0 Å². The van der Waals surface area contributed by atoms with E-state index in [1.165, 1.54) is 6.07 Å². The molecule has 0 bridgehead atoms. The Labute approximate surface area is 125 Å². The third-order valence-corrected chi connectivity index (χ3v) is 4.78. The number of halogens is 2. The summed E-state index contributed by atoms with van der Waals surface area (Å²) < 4.78 is 13.9. The number of benzene rings is 2. The van der Waals surface area contributed by atoms with Gasteiger partial charge in [-0.15, -0.1) is 11.8 Å². The molecule has 1 unspecified atom stereocenters. The van der Waals surface area contributed by atoms with E-state index in [-0.39, 0.29) is 11.9 Å². The second kappa shape index (κ2) is 6.55. The lowest BCUT2D eigenvalue weighted by Crippen LogP contribution is -2.04. The summed E-state index contributed by atoms with van der Waals surface area (Å²) in [6.45, 7) is 1.96. The SMILES string of the molecule is CC(N)c1ccc(SCc2cccc(F)c2Br)cc1. The van der Waals surface area contributed by atoms with Gasteiger partial charge in [0.25, 0.3) is 0 Å². The summed E-state index contributed by atoms with van der Waals surface area (Å²) in [6, 6.07) is 13.3. The van der Waals surface area contributed by atoms with Crippen LogP contribution >= 0.6 is 27.7 Å². The highest BCUT2D eigenvalue weighted by atomic mass is 79.9. The quantitative estimate of drug-likeness (QED) is 0.801. The molecule has 0 saturated carbocycles. The smallest absolute Gasteiger partial charge is 0.137 e. The Kier molecular flexibility index (Phi) is 5.02. The Morgan fingerprint density at radius 3 is 2.53 bits per heavy atom. The van der Waals surface area contributed by atoms with Crippen molar-refractivity contribution in [1.29, 1.82) is 0 Å². The van der Waals surface area contributed by atoms with E-state index in [4.69, 9.17) is 5.73 Å². The fraction of sp³-hybridized carbons (Fsp3) is 0.200. The van der Waals surface area contributed by atoms with Gasteiger partial charge >= 0.3 is 0 Å². The van der Waals surface area contributed by atoms with E-state index >= 15 is 0 Å². The number of thioether (sulfide) groups is 1. The molecule has 0 aromatic heterocycles. The molecule has 1 nitrogen and oxygen atoms in total. The maximum absolute atomic E-state index is 13.4. The first-order valence-electron chi connectivity index (χ1n) is 5.99. The molecule has 0 aliphatic carbocycles. The van der Waals surface area contributed by atoms with Gasteiger partial charge in [-0.2, -0.15) is 0 Å². The van der Waals surface area contributed by atoms with Crippen LogP contribution in [0.25, 0.3) is 0 Å². The van der Waals surface area contributed by atoms with Crippen LogP contribution in [0.1, 0.15) is 24.1 Å². The Morgan fingerprint density at radius 2 is 1.89 bits per heavy atom. The predicted molar refractivity (Wildman–Crippen MR) is 82.7 cm³/mol. The topological polar surface area (TPSA) is 26.0 Å². The highest BCUT2D eigenvalue weighted by Crippen LogP contribution is 2.29. The summed E-state index contributed by atoms with van der Waals surface area (Å²) in [4.78, 5) is 1.15. The normalized spacial score (nSPS) is 12.4. The summed E-state index contributed by atoms with van der Waals surface area (Å²) in [5.41, 5.74) is 7.89. The predicted octanol–water partition coefficient (Wildman–Crippen LogP) is 4.90. The Hall–Kier alpha value is -0.840. The van der Waals surface area contributed by atoms with Crippen molar-refractivity contribution in [3.63, 3.8) is 0 Å². The van der Waals surface area contributed by atoms with Gasteiger partial charge in [-0.25, -0.2) is 4.39 Å². The maximum atomic E-state index is 13.4. The molecular weight excluding hydrogens is 325 g/mol. The number of hydrogen-bond acceptors (Lipinski definition) is 2. The third kappa shape index (κ3) is 3.81. The average molecular weight is 340 g/mol. The summed E-state index contributed by atoms with van der Waals surface area (Å²) in [7, 11) is 0. The van der Waals surface area contributed by atoms with E-state index in [0.717, 1.165) is 21.8 Å². The first-order chi connectivity index (χ1) is 9.08. The molecule has 100 valence electrons. The van der Waals surface area contributed by atoms with E-state index in [1.807, 2.05) is 25.1 Å². The first-order valence-corrected chi connectivity index (χ1v) is 7.77. The fourth-order valence-corrected chi connectivity index (χ4v) is 3.17. The largest absolute Gasteiger partial charge is 0.324 e. The van der Waals surface area contributed by atoms with Crippen LogP contribution in [0, 0.1) is 5.82 Å². The van der Waals surface area contributed by atoms with Crippen LogP contribution in [0.4, 0.5) is 4.39 Å². The lowest BCUT2D eigenvalue weighted by Gasteiger charge is -2.08. The van der Waals surface area contributed by atoms with Crippen molar-refractivity contribution in [3.05, 3.63) is 63.9 Å². The number of hydrogen-bond donors (Lipinski definition) is 1.